The van der Waals surface area contributed by atoms with Gasteiger partial charge in [-0.3, -0.25) is 0 Å². The van der Waals surface area contributed by atoms with Crippen LogP contribution in [0.4, 0.5) is 0 Å². The summed E-state index contributed by atoms with van der Waals surface area (Å²) in [6, 6.07) is 8.00. The summed E-state index contributed by atoms with van der Waals surface area (Å²) in [4.78, 5) is 0. The van der Waals surface area contributed by atoms with Gasteiger partial charge < -0.3 is 0 Å². The molecule has 13 heavy (non-hydrogen) atoms. The first-order chi connectivity index (χ1) is 6.35. The highest BCUT2D eigenvalue weighted by atomic mass is 14.3. The molecule has 0 nitrogen and oxygen atoms in total. The third-order valence-corrected chi connectivity index (χ3v) is 2.93. The monoisotopic (exact) mass is 173 g/mol. The average molecular weight is 173 g/mol. The molecule has 0 heterocycles. The molecule has 1 aliphatic carbocycles. The fourth-order valence-corrected chi connectivity index (χ4v) is 1.87. The molecule has 0 bridgehead atoms. The van der Waals surface area contributed by atoms with Gasteiger partial charge in [0.15, 0.2) is 0 Å². The van der Waals surface area contributed by atoms with Crippen molar-refractivity contribution in [2.75, 3.05) is 0 Å². The Morgan fingerprint density at radius 1 is 1.23 bits per heavy atom. The Labute approximate surface area is 81.0 Å². The first kappa shape index (κ1) is 8.80. The second kappa shape index (κ2) is 3.53. The molecule has 1 aromatic rings. The SMILES string of the molecule is CCc1c[c]c(C2CC2)cc1CC. The summed E-state index contributed by atoms with van der Waals surface area (Å²) in [5.74, 6) is 0.844. The molecule has 0 amide bonds. The molecule has 2 rings (SSSR count). The second-order valence-electron chi connectivity index (χ2n) is 3.92. The maximum atomic E-state index is 3.42. The van der Waals surface area contributed by atoms with Gasteiger partial charge >= 0.3 is 0 Å². The van der Waals surface area contributed by atoms with Crippen LogP contribution in [-0.2, 0) is 12.8 Å². The van der Waals surface area contributed by atoms with Gasteiger partial charge in [-0.25, -0.2) is 0 Å². The van der Waals surface area contributed by atoms with Crippen LogP contribution in [0.5, 0.6) is 0 Å². The molecule has 0 spiro atoms. The van der Waals surface area contributed by atoms with Crippen LogP contribution < -0.4 is 0 Å². The van der Waals surface area contributed by atoms with E-state index in [0.717, 1.165) is 18.8 Å². The number of hydrogen-bond acceptors (Lipinski definition) is 0. The predicted octanol–water partition coefficient (Wildman–Crippen LogP) is 3.49. The summed E-state index contributed by atoms with van der Waals surface area (Å²) >= 11 is 0. The lowest BCUT2D eigenvalue weighted by Crippen LogP contribution is -1.93. The van der Waals surface area contributed by atoms with E-state index in [1.54, 1.807) is 0 Å². The van der Waals surface area contributed by atoms with Crippen LogP contribution in [0.15, 0.2) is 12.1 Å². The Balaban J connectivity index is 2.31. The van der Waals surface area contributed by atoms with E-state index in [4.69, 9.17) is 0 Å². The molecule has 0 atom stereocenters. The van der Waals surface area contributed by atoms with Crippen LogP contribution in [0.2, 0.25) is 0 Å². The highest BCUT2D eigenvalue weighted by Gasteiger charge is 2.23. The minimum Gasteiger partial charge on any atom is -0.0613 e. The van der Waals surface area contributed by atoms with Crippen molar-refractivity contribution in [3.63, 3.8) is 0 Å². The Kier molecular flexibility index (Phi) is 2.39. The third kappa shape index (κ3) is 1.77. The summed E-state index contributed by atoms with van der Waals surface area (Å²) in [6.07, 6.45) is 5.07. The fourth-order valence-electron chi connectivity index (χ4n) is 1.87. The lowest BCUT2D eigenvalue weighted by molar-refractivity contribution is 1.01. The normalized spacial score (nSPS) is 16.2. The Hall–Kier alpha value is -0.780. The molecule has 0 saturated heterocycles. The maximum absolute atomic E-state index is 3.42. The van der Waals surface area contributed by atoms with Gasteiger partial charge in [-0.05, 0) is 54.4 Å². The Morgan fingerprint density at radius 3 is 2.46 bits per heavy atom. The van der Waals surface area contributed by atoms with Crippen molar-refractivity contribution in [1.82, 2.24) is 0 Å². The molecule has 1 radical (unpaired) electrons. The zero-order valence-electron chi connectivity index (χ0n) is 8.56. The van der Waals surface area contributed by atoms with Crippen molar-refractivity contribution >= 4 is 0 Å². The summed E-state index contributed by atoms with van der Waals surface area (Å²) in [5, 5.41) is 0. The van der Waals surface area contributed by atoms with Crippen molar-refractivity contribution in [2.24, 2.45) is 0 Å². The molecule has 1 fully saturated rings. The van der Waals surface area contributed by atoms with Crippen molar-refractivity contribution in [3.8, 4) is 0 Å². The average Bonchev–Trinajstić information content (AvgIpc) is 3.00. The molecule has 0 aromatic heterocycles. The van der Waals surface area contributed by atoms with E-state index in [2.05, 4.69) is 32.0 Å². The third-order valence-electron chi connectivity index (χ3n) is 2.93. The topological polar surface area (TPSA) is 0 Å². The molecule has 1 aromatic carbocycles. The van der Waals surface area contributed by atoms with Gasteiger partial charge in [0, 0.05) is 0 Å². The first-order valence-corrected chi connectivity index (χ1v) is 5.38. The van der Waals surface area contributed by atoms with Gasteiger partial charge in [-0.2, -0.15) is 0 Å². The second-order valence-corrected chi connectivity index (χ2v) is 3.92. The van der Waals surface area contributed by atoms with Crippen LogP contribution in [-0.4, -0.2) is 0 Å². The van der Waals surface area contributed by atoms with Crippen molar-refractivity contribution < 1.29 is 0 Å². The fraction of sp³-hybridized carbons (Fsp3) is 0.538. The van der Waals surface area contributed by atoms with Crippen LogP contribution in [0.1, 0.15) is 49.3 Å². The number of benzene rings is 1. The highest BCUT2D eigenvalue weighted by Crippen LogP contribution is 2.40. The van der Waals surface area contributed by atoms with Gasteiger partial charge in [0.05, 0.1) is 0 Å². The zero-order chi connectivity index (χ0) is 9.26. The molecule has 0 N–H and O–H groups in total. The molecular weight excluding hydrogens is 156 g/mol. The van der Waals surface area contributed by atoms with E-state index >= 15 is 0 Å². The van der Waals surface area contributed by atoms with E-state index in [0.29, 0.717) is 0 Å². The van der Waals surface area contributed by atoms with Crippen LogP contribution in [0, 0.1) is 6.07 Å². The van der Waals surface area contributed by atoms with E-state index in [1.165, 1.54) is 29.5 Å². The van der Waals surface area contributed by atoms with E-state index < -0.39 is 0 Å². The minimum absolute atomic E-state index is 0.844. The van der Waals surface area contributed by atoms with E-state index in [-0.39, 0.29) is 0 Å². The van der Waals surface area contributed by atoms with Crippen molar-refractivity contribution in [3.05, 3.63) is 34.9 Å². The van der Waals surface area contributed by atoms with Gasteiger partial charge in [0.2, 0.25) is 0 Å². The highest BCUT2D eigenvalue weighted by molar-refractivity contribution is 5.34. The summed E-state index contributed by atoms with van der Waals surface area (Å²) in [6.45, 7) is 4.46. The minimum atomic E-state index is 0.844. The largest absolute Gasteiger partial charge is 0.0613 e. The van der Waals surface area contributed by atoms with Crippen LogP contribution in [0.3, 0.4) is 0 Å². The van der Waals surface area contributed by atoms with Gasteiger partial charge in [0.25, 0.3) is 0 Å². The van der Waals surface area contributed by atoms with E-state index in [1.807, 2.05) is 0 Å². The number of aryl methyl sites for hydroxylation is 2. The molecule has 69 valence electrons. The predicted molar refractivity (Wildman–Crippen MR) is 56.0 cm³/mol. The maximum Gasteiger partial charge on any atom is -0.0143 e. The molecule has 0 heteroatoms. The van der Waals surface area contributed by atoms with Gasteiger partial charge in [-0.1, -0.05) is 26.0 Å². The Morgan fingerprint density at radius 2 is 1.92 bits per heavy atom. The Bertz CT molecular complexity index is 295. The number of hydrogen-bond donors (Lipinski definition) is 0. The van der Waals surface area contributed by atoms with Crippen molar-refractivity contribution in [2.45, 2.75) is 45.4 Å². The first-order valence-electron chi connectivity index (χ1n) is 5.38. The van der Waals surface area contributed by atoms with Crippen LogP contribution in [0.25, 0.3) is 0 Å². The zero-order valence-corrected chi connectivity index (χ0v) is 8.56. The quantitative estimate of drug-likeness (QED) is 0.656. The van der Waals surface area contributed by atoms with Crippen molar-refractivity contribution in [1.29, 1.82) is 0 Å². The summed E-state index contributed by atoms with van der Waals surface area (Å²) < 4.78 is 0. The molecular formula is C13H17. The molecule has 1 aliphatic rings. The lowest BCUT2D eigenvalue weighted by atomic mass is 9.98. The standard InChI is InChI=1S/C13H17/c1-3-10-5-8-13(12-6-7-12)9-11(10)4-2/h5,9,12H,3-4,6-7H2,1-2H3. The van der Waals surface area contributed by atoms with E-state index in [9.17, 15) is 0 Å². The summed E-state index contributed by atoms with van der Waals surface area (Å²) in [7, 11) is 0. The van der Waals surface area contributed by atoms with Gasteiger partial charge in [0.1, 0.15) is 0 Å². The summed E-state index contributed by atoms with van der Waals surface area (Å²) in [5.41, 5.74) is 4.46. The van der Waals surface area contributed by atoms with Crippen LogP contribution >= 0.6 is 0 Å². The lowest BCUT2D eigenvalue weighted by Gasteiger charge is -2.07. The molecule has 0 unspecified atom stereocenters. The molecule has 1 saturated carbocycles. The number of rotatable bonds is 3. The smallest absolute Gasteiger partial charge is 0.0143 e. The molecule has 0 aliphatic heterocycles. The van der Waals surface area contributed by atoms with Gasteiger partial charge in [-0.15, -0.1) is 0 Å².